The van der Waals surface area contributed by atoms with Crippen LogP contribution < -0.4 is 0 Å². The van der Waals surface area contributed by atoms with Crippen LogP contribution in [0.25, 0.3) is 11.0 Å². The van der Waals surface area contributed by atoms with Crippen LogP contribution in [0.4, 0.5) is 0 Å². The average molecular weight is 311 g/mol. The maximum absolute atomic E-state index is 12.4. The molecule has 0 saturated carbocycles. The Kier molecular flexibility index (Phi) is 4.65. The molecule has 116 valence electrons. The maximum Gasteiger partial charge on any atom is 0.219 e. The van der Waals surface area contributed by atoms with Gasteiger partial charge in [0.1, 0.15) is 5.82 Å². The number of para-hydroxylation sites is 2. The number of ether oxygens (including phenoxy) is 1. The van der Waals surface area contributed by atoms with Crippen molar-refractivity contribution in [2.75, 3.05) is 20.8 Å². The van der Waals surface area contributed by atoms with E-state index in [9.17, 15) is 8.42 Å². The van der Waals surface area contributed by atoms with Gasteiger partial charge in [-0.05, 0) is 19.1 Å². The minimum atomic E-state index is -3.40. The molecule has 0 fully saturated rings. The number of aromatic nitrogens is 2. The molecule has 0 radical (unpaired) electrons. The van der Waals surface area contributed by atoms with E-state index in [1.807, 2.05) is 35.9 Å². The lowest BCUT2D eigenvalue weighted by Crippen LogP contribution is -2.37. The maximum atomic E-state index is 12.4. The molecule has 1 atom stereocenters. The lowest BCUT2D eigenvalue weighted by atomic mass is 10.3. The van der Waals surface area contributed by atoms with E-state index in [0.29, 0.717) is 5.82 Å². The number of fused-ring (bicyclic) bond motifs is 1. The Morgan fingerprint density at radius 2 is 2.05 bits per heavy atom. The summed E-state index contributed by atoms with van der Waals surface area (Å²) in [6, 6.07) is 7.74. The van der Waals surface area contributed by atoms with E-state index in [1.54, 1.807) is 14.0 Å². The summed E-state index contributed by atoms with van der Waals surface area (Å²) in [7, 11) is 1.56. The van der Waals surface area contributed by atoms with Crippen molar-refractivity contribution in [1.29, 1.82) is 0 Å². The van der Waals surface area contributed by atoms with E-state index in [2.05, 4.69) is 4.98 Å². The lowest BCUT2D eigenvalue weighted by Gasteiger charge is -2.21. The van der Waals surface area contributed by atoms with Crippen LogP contribution in [0.1, 0.15) is 12.7 Å². The minimum Gasteiger partial charge on any atom is -0.383 e. The van der Waals surface area contributed by atoms with Crippen LogP contribution in [0.5, 0.6) is 0 Å². The van der Waals surface area contributed by atoms with Crippen LogP contribution in [0, 0.1) is 0 Å². The zero-order chi connectivity index (χ0) is 15.6. The first-order valence-electron chi connectivity index (χ1n) is 6.72. The second-order valence-corrected chi connectivity index (χ2v) is 7.60. The summed E-state index contributed by atoms with van der Waals surface area (Å²) < 4.78 is 32.9. The monoisotopic (exact) mass is 311 g/mol. The van der Waals surface area contributed by atoms with Crippen LogP contribution in [-0.4, -0.2) is 48.3 Å². The van der Waals surface area contributed by atoms with E-state index in [0.717, 1.165) is 11.0 Å². The molecule has 7 heteroatoms. The molecule has 0 aliphatic rings. The van der Waals surface area contributed by atoms with Crippen molar-refractivity contribution in [2.45, 2.75) is 18.7 Å². The van der Waals surface area contributed by atoms with E-state index in [-0.39, 0.29) is 13.2 Å². The molecule has 0 aliphatic heterocycles. The number of imidazole rings is 1. The first kappa shape index (κ1) is 15.9. The van der Waals surface area contributed by atoms with Crippen molar-refractivity contribution in [2.24, 2.45) is 7.05 Å². The van der Waals surface area contributed by atoms with E-state index in [4.69, 9.17) is 4.74 Å². The third-order valence-electron chi connectivity index (χ3n) is 3.59. The number of hydrogen-bond donors (Lipinski definition) is 0. The number of benzene rings is 1. The van der Waals surface area contributed by atoms with Crippen molar-refractivity contribution < 1.29 is 13.2 Å². The second kappa shape index (κ2) is 6.13. The topological polar surface area (TPSA) is 64.4 Å². The highest BCUT2D eigenvalue weighted by Crippen LogP contribution is 2.17. The van der Waals surface area contributed by atoms with E-state index in [1.165, 1.54) is 11.4 Å². The van der Waals surface area contributed by atoms with Gasteiger partial charge >= 0.3 is 0 Å². The molecule has 6 nitrogen and oxygen atoms in total. The highest BCUT2D eigenvalue weighted by Gasteiger charge is 2.27. The molecule has 2 aromatic rings. The predicted octanol–water partition coefficient (Wildman–Crippen LogP) is 1.37. The predicted molar refractivity (Wildman–Crippen MR) is 82.4 cm³/mol. The first-order chi connectivity index (χ1) is 9.87. The fourth-order valence-corrected chi connectivity index (χ4v) is 3.47. The standard InChI is InChI=1S/C14H21N3O3S/c1-11(10-20-4)21(18,19)16(2)9-14-15-12-7-5-6-8-13(12)17(14)3/h5-8,11H,9-10H2,1-4H3. The molecule has 0 saturated heterocycles. The van der Waals surface area contributed by atoms with Gasteiger partial charge in [-0.3, -0.25) is 0 Å². The number of aryl methyl sites for hydroxylation is 1. The Hall–Kier alpha value is -1.44. The lowest BCUT2D eigenvalue weighted by molar-refractivity contribution is 0.198. The molecule has 21 heavy (non-hydrogen) atoms. The minimum absolute atomic E-state index is 0.176. The summed E-state index contributed by atoms with van der Waals surface area (Å²) in [6.45, 7) is 2.06. The average Bonchev–Trinajstić information content (AvgIpc) is 2.76. The second-order valence-electron chi connectivity index (χ2n) is 5.14. The summed E-state index contributed by atoms with van der Waals surface area (Å²) in [4.78, 5) is 4.50. The van der Waals surface area contributed by atoms with Gasteiger partial charge in [0.15, 0.2) is 0 Å². The van der Waals surface area contributed by atoms with Crippen molar-refractivity contribution in [3.8, 4) is 0 Å². The number of nitrogens with zero attached hydrogens (tertiary/aromatic N) is 3. The van der Waals surface area contributed by atoms with Crippen LogP contribution in [-0.2, 0) is 28.4 Å². The van der Waals surface area contributed by atoms with Gasteiger partial charge in [-0.25, -0.2) is 13.4 Å². The number of hydrogen-bond acceptors (Lipinski definition) is 4. The molecule has 1 aromatic heterocycles. The highest BCUT2D eigenvalue weighted by atomic mass is 32.2. The quantitative estimate of drug-likeness (QED) is 0.808. The van der Waals surface area contributed by atoms with Gasteiger partial charge in [0.25, 0.3) is 0 Å². The summed E-state index contributed by atoms with van der Waals surface area (Å²) in [5.41, 5.74) is 1.86. The van der Waals surface area contributed by atoms with Crippen LogP contribution in [0.2, 0.25) is 0 Å². The molecule has 1 aromatic carbocycles. The molecule has 2 rings (SSSR count). The summed E-state index contributed by atoms with van der Waals surface area (Å²) in [6.07, 6.45) is 0. The molecule has 0 amide bonds. The highest BCUT2D eigenvalue weighted by molar-refractivity contribution is 7.89. The Morgan fingerprint density at radius 1 is 1.38 bits per heavy atom. The van der Waals surface area contributed by atoms with Gasteiger partial charge in [0, 0.05) is 21.2 Å². The molecule has 0 bridgehead atoms. The van der Waals surface area contributed by atoms with Gasteiger partial charge in [0.05, 0.1) is 29.4 Å². The van der Waals surface area contributed by atoms with Gasteiger partial charge < -0.3 is 9.30 Å². The fraction of sp³-hybridized carbons (Fsp3) is 0.500. The van der Waals surface area contributed by atoms with Gasteiger partial charge in [0.2, 0.25) is 10.0 Å². The molecule has 0 spiro atoms. The Labute approximate surface area is 125 Å². The fourth-order valence-electron chi connectivity index (χ4n) is 2.25. The molecule has 1 unspecified atom stereocenters. The summed E-state index contributed by atoms with van der Waals surface area (Å²) in [5.74, 6) is 0.715. The molecule has 0 N–H and O–H groups in total. The van der Waals surface area contributed by atoms with E-state index >= 15 is 0 Å². The van der Waals surface area contributed by atoms with Crippen LogP contribution in [0.15, 0.2) is 24.3 Å². The molecular formula is C14H21N3O3S. The normalized spacial score (nSPS) is 14.0. The summed E-state index contributed by atoms with van der Waals surface area (Å²) in [5, 5.41) is -0.581. The largest absolute Gasteiger partial charge is 0.383 e. The van der Waals surface area contributed by atoms with Crippen LogP contribution in [0.3, 0.4) is 0 Å². The number of rotatable bonds is 6. The van der Waals surface area contributed by atoms with Gasteiger partial charge in [-0.1, -0.05) is 12.1 Å². The zero-order valence-electron chi connectivity index (χ0n) is 12.8. The van der Waals surface area contributed by atoms with Crippen LogP contribution >= 0.6 is 0 Å². The van der Waals surface area contributed by atoms with E-state index < -0.39 is 15.3 Å². The third kappa shape index (κ3) is 3.09. The SMILES string of the molecule is COCC(C)S(=O)(=O)N(C)Cc1nc2ccccc2n1C. The first-order valence-corrected chi connectivity index (χ1v) is 8.22. The Morgan fingerprint density at radius 3 is 2.67 bits per heavy atom. The summed E-state index contributed by atoms with van der Waals surface area (Å²) >= 11 is 0. The van der Waals surface area contributed by atoms with Crippen molar-refractivity contribution >= 4 is 21.1 Å². The molecular weight excluding hydrogens is 290 g/mol. The molecule has 1 heterocycles. The number of methoxy groups -OCH3 is 1. The van der Waals surface area contributed by atoms with Gasteiger partial charge in [-0.15, -0.1) is 0 Å². The number of sulfonamides is 1. The zero-order valence-corrected chi connectivity index (χ0v) is 13.6. The third-order valence-corrected chi connectivity index (χ3v) is 5.74. The van der Waals surface area contributed by atoms with Crippen molar-refractivity contribution in [1.82, 2.24) is 13.9 Å². The van der Waals surface area contributed by atoms with Gasteiger partial charge in [-0.2, -0.15) is 4.31 Å². The van der Waals surface area contributed by atoms with Crippen molar-refractivity contribution in [3.63, 3.8) is 0 Å². The van der Waals surface area contributed by atoms with Crippen molar-refractivity contribution in [3.05, 3.63) is 30.1 Å². The Bertz CT molecular complexity index is 724. The Balaban J connectivity index is 2.25. The molecule has 0 aliphatic carbocycles. The smallest absolute Gasteiger partial charge is 0.219 e.